The fourth-order valence-electron chi connectivity index (χ4n) is 0.979. The number of rotatable bonds is 2. The van der Waals surface area contributed by atoms with Gasteiger partial charge in [-0.25, -0.2) is 0 Å². The van der Waals surface area contributed by atoms with Crippen LogP contribution in [0.3, 0.4) is 0 Å². The van der Waals surface area contributed by atoms with E-state index in [1.165, 1.54) is 0 Å². The Hall–Kier alpha value is -0.860. The molecule has 12 heavy (non-hydrogen) atoms. The quantitative estimate of drug-likeness (QED) is 0.708. The molecule has 0 saturated carbocycles. The van der Waals surface area contributed by atoms with E-state index in [-0.39, 0.29) is 12.1 Å². The van der Waals surface area contributed by atoms with Gasteiger partial charge in [-0.15, -0.1) is 0 Å². The monoisotopic (exact) mass is 166 g/mol. The highest BCUT2D eigenvalue weighted by Gasteiger charge is 2.10. The SMILES string of the molecule is N.[CH2]C(C)C(O)c1ccccc1. The van der Waals surface area contributed by atoms with E-state index >= 15 is 0 Å². The molecule has 2 heteroatoms. The van der Waals surface area contributed by atoms with Gasteiger partial charge in [-0.2, -0.15) is 0 Å². The van der Waals surface area contributed by atoms with Crippen LogP contribution >= 0.6 is 0 Å². The lowest BCUT2D eigenvalue weighted by Gasteiger charge is -2.13. The summed E-state index contributed by atoms with van der Waals surface area (Å²) in [4.78, 5) is 0. The van der Waals surface area contributed by atoms with Gasteiger partial charge >= 0.3 is 0 Å². The maximum Gasteiger partial charge on any atom is 0.0815 e. The molecule has 0 heterocycles. The number of hydrogen-bond acceptors (Lipinski definition) is 2. The summed E-state index contributed by atoms with van der Waals surface area (Å²) in [6, 6.07) is 9.59. The Morgan fingerprint density at radius 2 is 1.75 bits per heavy atom. The van der Waals surface area contributed by atoms with Crippen LogP contribution in [-0.2, 0) is 0 Å². The minimum absolute atomic E-state index is 0. The molecule has 67 valence electrons. The summed E-state index contributed by atoms with van der Waals surface area (Å²) in [5.74, 6) is 0.0393. The van der Waals surface area contributed by atoms with E-state index in [4.69, 9.17) is 0 Å². The largest absolute Gasteiger partial charge is 0.388 e. The molecular formula is C10H16NO. The van der Waals surface area contributed by atoms with Crippen molar-refractivity contribution in [1.29, 1.82) is 0 Å². The molecule has 2 unspecified atom stereocenters. The van der Waals surface area contributed by atoms with Crippen molar-refractivity contribution in [2.24, 2.45) is 5.92 Å². The fraction of sp³-hybridized carbons (Fsp3) is 0.300. The maximum atomic E-state index is 9.54. The van der Waals surface area contributed by atoms with Crippen molar-refractivity contribution >= 4 is 0 Å². The van der Waals surface area contributed by atoms with Gasteiger partial charge in [0.1, 0.15) is 0 Å². The molecule has 0 amide bonds. The molecule has 0 aliphatic carbocycles. The van der Waals surface area contributed by atoms with Crippen molar-refractivity contribution in [2.45, 2.75) is 13.0 Å². The Morgan fingerprint density at radius 1 is 1.25 bits per heavy atom. The van der Waals surface area contributed by atoms with Crippen molar-refractivity contribution in [2.75, 3.05) is 0 Å². The molecule has 2 atom stereocenters. The Morgan fingerprint density at radius 3 is 2.17 bits per heavy atom. The van der Waals surface area contributed by atoms with Gasteiger partial charge < -0.3 is 11.3 Å². The minimum atomic E-state index is -0.434. The predicted octanol–water partition coefficient (Wildman–Crippen LogP) is 2.35. The summed E-state index contributed by atoms with van der Waals surface area (Å²) in [6.07, 6.45) is -0.434. The third kappa shape index (κ3) is 2.64. The van der Waals surface area contributed by atoms with Crippen LogP contribution < -0.4 is 6.15 Å². The van der Waals surface area contributed by atoms with Gasteiger partial charge in [0.25, 0.3) is 0 Å². The topological polar surface area (TPSA) is 55.2 Å². The van der Waals surface area contributed by atoms with Crippen LogP contribution in [0.15, 0.2) is 30.3 Å². The Balaban J connectivity index is 0.00000121. The van der Waals surface area contributed by atoms with Gasteiger partial charge in [0, 0.05) is 0 Å². The Bertz CT molecular complexity index is 208. The number of hydrogen-bond donors (Lipinski definition) is 2. The third-order valence-electron chi connectivity index (χ3n) is 1.68. The van der Waals surface area contributed by atoms with Crippen molar-refractivity contribution in [3.05, 3.63) is 42.8 Å². The Labute approximate surface area is 73.8 Å². The van der Waals surface area contributed by atoms with Crippen LogP contribution in [0.4, 0.5) is 0 Å². The molecule has 0 aromatic heterocycles. The second-order valence-corrected chi connectivity index (χ2v) is 2.83. The van der Waals surface area contributed by atoms with Crippen molar-refractivity contribution in [3.8, 4) is 0 Å². The normalized spacial score (nSPS) is 12.3. The maximum absolute atomic E-state index is 9.54. The molecule has 1 rings (SSSR count). The zero-order valence-electron chi connectivity index (χ0n) is 7.40. The van der Waals surface area contributed by atoms with Crippen LogP contribution in [0.2, 0.25) is 0 Å². The molecule has 0 bridgehead atoms. The molecule has 1 aromatic carbocycles. The van der Waals surface area contributed by atoms with E-state index in [1.807, 2.05) is 37.3 Å². The van der Waals surface area contributed by atoms with Gasteiger partial charge in [-0.05, 0) is 18.4 Å². The molecule has 0 aliphatic heterocycles. The standard InChI is InChI=1S/C10H13O.H3N/c1-8(2)10(11)9-6-4-3-5-7-9;/h3-8,10-11H,1H2,2H3;1H3. The second-order valence-electron chi connectivity index (χ2n) is 2.83. The third-order valence-corrected chi connectivity index (χ3v) is 1.68. The molecule has 4 N–H and O–H groups in total. The number of aliphatic hydroxyl groups is 1. The van der Waals surface area contributed by atoms with Crippen LogP contribution in [-0.4, -0.2) is 5.11 Å². The van der Waals surface area contributed by atoms with Crippen molar-refractivity contribution in [3.63, 3.8) is 0 Å². The molecule has 0 aliphatic rings. The summed E-state index contributed by atoms with van der Waals surface area (Å²) in [5, 5.41) is 9.54. The molecular weight excluding hydrogens is 150 g/mol. The molecule has 0 spiro atoms. The van der Waals surface area contributed by atoms with Crippen LogP contribution in [0.25, 0.3) is 0 Å². The summed E-state index contributed by atoms with van der Waals surface area (Å²) in [6.45, 7) is 5.67. The predicted molar refractivity (Wildman–Crippen MR) is 50.9 cm³/mol. The highest BCUT2D eigenvalue weighted by atomic mass is 16.3. The molecule has 0 saturated heterocycles. The smallest absolute Gasteiger partial charge is 0.0815 e. The van der Waals surface area contributed by atoms with E-state index in [0.717, 1.165) is 5.56 Å². The highest BCUT2D eigenvalue weighted by Crippen LogP contribution is 2.19. The lowest BCUT2D eigenvalue weighted by molar-refractivity contribution is 0.138. The van der Waals surface area contributed by atoms with Gasteiger partial charge in [-0.1, -0.05) is 37.3 Å². The first kappa shape index (κ1) is 11.1. The lowest BCUT2D eigenvalue weighted by atomic mass is 10.00. The van der Waals surface area contributed by atoms with Crippen LogP contribution in [0.1, 0.15) is 18.6 Å². The minimum Gasteiger partial charge on any atom is -0.388 e. The summed E-state index contributed by atoms with van der Waals surface area (Å²) in [5.41, 5.74) is 0.940. The molecule has 0 fully saturated rings. The second kappa shape index (κ2) is 4.91. The number of benzene rings is 1. The van der Waals surface area contributed by atoms with Crippen molar-refractivity contribution in [1.82, 2.24) is 6.15 Å². The van der Waals surface area contributed by atoms with Crippen LogP contribution in [0, 0.1) is 12.8 Å². The summed E-state index contributed by atoms with van der Waals surface area (Å²) >= 11 is 0. The molecule has 1 aromatic rings. The van der Waals surface area contributed by atoms with E-state index < -0.39 is 6.10 Å². The van der Waals surface area contributed by atoms with Gasteiger partial charge in [-0.3, -0.25) is 0 Å². The van der Waals surface area contributed by atoms with Gasteiger partial charge in [0.15, 0.2) is 0 Å². The van der Waals surface area contributed by atoms with E-state index in [2.05, 4.69) is 6.92 Å². The Kier molecular flexibility index (Phi) is 4.55. The lowest BCUT2D eigenvalue weighted by Crippen LogP contribution is -2.04. The van der Waals surface area contributed by atoms with Crippen LogP contribution in [0.5, 0.6) is 0 Å². The average Bonchev–Trinajstić information content (AvgIpc) is 2.05. The zero-order valence-corrected chi connectivity index (χ0v) is 7.40. The van der Waals surface area contributed by atoms with Gasteiger partial charge in [0.2, 0.25) is 0 Å². The van der Waals surface area contributed by atoms with E-state index in [0.29, 0.717) is 0 Å². The first-order valence-corrected chi connectivity index (χ1v) is 3.78. The van der Waals surface area contributed by atoms with Crippen molar-refractivity contribution < 1.29 is 5.11 Å². The fourth-order valence-corrected chi connectivity index (χ4v) is 0.979. The molecule has 2 nitrogen and oxygen atoms in total. The summed E-state index contributed by atoms with van der Waals surface area (Å²) < 4.78 is 0. The average molecular weight is 166 g/mol. The first-order chi connectivity index (χ1) is 5.22. The van der Waals surface area contributed by atoms with E-state index in [9.17, 15) is 5.11 Å². The van der Waals surface area contributed by atoms with E-state index in [1.54, 1.807) is 0 Å². The number of aliphatic hydroxyl groups excluding tert-OH is 1. The summed E-state index contributed by atoms with van der Waals surface area (Å²) in [7, 11) is 0. The van der Waals surface area contributed by atoms with Gasteiger partial charge in [0.05, 0.1) is 6.10 Å². The zero-order chi connectivity index (χ0) is 8.27. The highest BCUT2D eigenvalue weighted by molar-refractivity contribution is 5.17. The molecule has 1 radical (unpaired) electrons. The first-order valence-electron chi connectivity index (χ1n) is 3.78.